The van der Waals surface area contributed by atoms with Gasteiger partial charge in [-0.1, -0.05) is 0 Å². The molecule has 0 bridgehead atoms. The topological polar surface area (TPSA) is 87.0 Å². The van der Waals surface area contributed by atoms with Crippen molar-refractivity contribution < 1.29 is 24.9 Å². The van der Waals surface area contributed by atoms with Gasteiger partial charge in [-0.3, -0.25) is 4.79 Å². The van der Waals surface area contributed by atoms with Crippen molar-refractivity contribution in [2.24, 2.45) is 5.92 Å². The van der Waals surface area contributed by atoms with Crippen molar-refractivity contribution in [1.29, 1.82) is 0 Å². The van der Waals surface area contributed by atoms with Crippen LogP contribution in [0.2, 0.25) is 0 Å². The molecular formula is C7H10O5. The molecule has 5 atom stereocenters. The minimum atomic E-state index is -1.19. The summed E-state index contributed by atoms with van der Waals surface area (Å²) in [6.07, 6.45) is -4.01. The van der Waals surface area contributed by atoms with E-state index in [2.05, 4.69) is 0 Å². The molecule has 1 saturated carbocycles. The highest BCUT2D eigenvalue weighted by atomic mass is 16.6. The number of hydrogen-bond acceptors (Lipinski definition) is 5. The SMILES string of the molecule is O=C1C[C@@H]2[C@H](O)[C@@H](O)[C@@H](O)[C@@H]2O1. The molecule has 2 aliphatic rings. The summed E-state index contributed by atoms with van der Waals surface area (Å²) in [7, 11) is 0. The summed E-state index contributed by atoms with van der Waals surface area (Å²) in [4.78, 5) is 10.7. The Kier molecular flexibility index (Phi) is 1.61. The number of fused-ring (bicyclic) bond motifs is 1. The highest BCUT2D eigenvalue weighted by molar-refractivity contribution is 5.72. The van der Waals surface area contributed by atoms with Gasteiger partial charge in [0, 0.05) is 5.92 Å². The van der Waals surface area contributed by atoms with Gasteiger partial charge in [0.15, 0.2) is 0 Å². The minimum Gasteiger partial charge on any atom is -0.459 e. The molecule has 0 unspecified atom stereocenters. The molecule has 2 rings (SSSR count). The van der Waals surface area contributed by atoms with Crippen LogP contribution >= 0.6 is 0 Å². The van der Waals surface area contributed by atoms with Crippen LogP contribution in [0.1, 0.15) is 6.42 Å². The molecule has 0 aromatic heterocycles. The van der Waals surface area contributed by atoms with Crippen molar-refractivity contribution >= 4 is 5.97 Å². The van der Waals surface area contributed by atoms with Crippen LogP contribution in [0.4, 0.5) is 0 Å². The first-order chi connectivity index (χ1) is 5.61. The molecule has 2 fully saturated rings. The number of hydrogen-bond donors (Lipinski definition) is 3. The summed E-state index contributed by atoms with van der Waals surface area (Å²) in [5.74, 6) is -0.863. The lowest BCUT2D eigenvalue weighted by atomic mass is 10.0. The lowest BCUT2D eigenvalue weighted by molar-refractivity contribution is -0.147. The summed E-state index contributed by atoms with van der Waals surface area (Å²) < 4.78 is 4.73. The van der Waals surface area contributed by atoms with Gasteiger partial charge in [0.25, 0.3) is 0 Å². The second-order valence-corrected chi connectivity index (χ2v) is 3.29. The van der Waals surface area contributed by atoms with Gasteiger partial charge < -0.3 is 20.1 Å². The standard InChI is InChI=1S/C7H10O5/c8-3-1-2-4(9)5(10)6(11)7(2)12-3/h2,4-7,9-11H,1H2/t2-,4+,5-,6-,7-/m1/s1. The second-order valence-electron chi connectivity index (χ2n) is 3.29. The van der Waals surface area contributed by atoms with E-state index in [4.69, 9.17) is 9.84 Å². The van der Waals surface area contributed by atoms with E-state index in [9.17, 15) is 15.0 Å². The molecule has 68 valence electrons. The predicted octanol–water partition coefficient (Wildman–Crippen LogP) is -1.99. The summed E-state index contributed by atoms with van der Waals surface area (Å²) in [6.45, 7) is 0. The summed E-state index contributed by atoms with van der Waals surface area (Å²) in [6, 6.07) is 0. The molecular weight excluding hydrogens is 164 g/mol. The van der Waals surface area contributed by atoms with Crippen molar-refractivity contribution in [3.63, 3.8) is 0 Å². The molecule has 1 heterocycles. The number of esters is 1. The molecule has 0 amide bonds. The molecule has 1 saturated heterocycles. The number of aliphatic hydroxyl groups is 3. The zero-order chi connectivity index (χ0) is 8.88. The first-order valence-corrected chi connectivity index (χ1v) is 3.85. The fraction of sp³-hybridized carbons (Fsp3) is 0.857. The number of ether oxygens (including phenoxy) is 1. The second kappa shape index (κ2) is 2.42. The summed E-state index contributed by atoms with van der Waals surface area (Å²) in [5, 5.41) is 27.7. The predicted molar refractivity (Wildman–Crippen MR) is 36.0 cm³/mol. The average Bonchev–Trinajstić information content (AvgIpc) is 2.49. The lowest BCUT2D eigenvalue weighted by Gasteiger charge is -2.13. The zero-order valence-corrected chi connectivity index (χ0v) is 6.25. The Bertz CT molecular complexity index is 196. The van der Waals surface area contributed by atoms with E-state index in [1.807, 2.05) is 0 Å². The number of aliphatic hydroxyl groups excluding tert-OH is 3. The molecule has 3 N–H and O–H groups in total. The van der Waals surface area contributed by atoms with Gasteiger partial charge in [-0.05, 0) is 0 Å². The van der Waals surface area contributed by atoms with Crippen molar-refractivity contribution in [2.75, 3.05) is 0 Å². The Balaban J connectivity index is 2.20. The van der Waals surface area contributed by atoms with Crippen molar-refractivity contribution in [3.05, 3.63) is 0 Å². The molecule has 0 radical (unpaired) electrons. The quantitative estimate of drug-likeness (QED) is 0.370. The molecule has 1 aliphatic heterocycles. The number of rotatable bonds is 0. The number of carbonyl (C=O) groups excluding carboxylic acids is 1. The van der Waals surface area contributed by atoms with Gasteiger partial charge in [-0.25, -0.2) is 0 Å². The van der Waals surface area contributed by atoms with E-state index in [-0.39, 0.29) is 6.42 Å². The largest absolute Gasteiger partial charge is 0.459 e. The van der Waals surface area contributed by atoms with E-state index in [1.165, 1.54) is 0 Å². The first kappa shape index (κ1) is 7.97. The molecule has 5 nitrogen and oxygen atoms in total. The van der Waals surface area contributed by atoms with Crippen molar-refractivity contribution in [1.82, 2.24) is 0 Å². The Morgan fingerprint density at radius 2 is 1.83 bits per heavy atom. The highest BCUT2D eigenvalue weighted by Gasteiger charge is 2.55. The van der Waals surface area contributed by atoms with Gasteiger partial charge in [0.1, 0.15) is 18.3 Å². The van der Waals surface area contributed by atoms with Crippen LogP contribution in [0, 0.1) is 5.92 Å². The van der Waals surface area contributed by atoms with Crippen LogP contribution in [0.25, 0.3) is 0 Å². The molecule has 0 aromatic carbocycles. The third-order valence-corrected chi connectivity index (χ3v) is 2.57. The molecule has 12 heavy (non-hydrogen) atoms. The van der Waals surface area contributed by atoms with Gasteiger partial charge in [-0.15, -0.1) is 0 Å². The van der Waals surface area contributed by atoms with E-state index in [1.54, 1.807) is 0 Å². The maximum Gasteiger partial charge on any atom is 0.306 e. The van der Waals surface area contributed by atoms with Gasteiger partial charge in [-0.2, -0.15) is 0 Å². The monoisotopic (exact) mass is 174 g/mol. The van der Waals surface area contributed by atoms with Crippen LogP contribution in [-0.4, -0.2) is 45.7 Å². The third-order valence-electron chi connectivity index (χ3n) is 2.57. The van der Waals surface area contributed by atoms with E-state index in [0.717, 1.165) is 0 Å². The lowest BCUT2D eigenvalue weighted by Crippen LogP contribution is -2.33. The Hall–Kier alpha value is -0.650. The maximum atomic E-state index is 10.7. The van der Waals surface area contributed by atoms with Crippen LogP contribution in [0.3, 0.4) is 0 Å². The van der Waals surface area contributed by atoms with Crippen LogP contribution in [0.15, 0.2) is 0 Å². The van der Waals surface area contributed by atoms with Crippen molar-refractivity contribution in [2.45, 2.75) is 30.8 Å². The first-order valence-electron chi connectivity index (χ1n) is 3.85. The Morgan fingerprint density at radius 3 is 2.42 bits per heavy atom. The van der Waals surface area contributed by atoms with E-state index >= 15 is 0 Å². The number of carbonyl (C=O) groups is 1. The third kappa shape index (κ3) is 0.872. The molecule has 0 spiro atoms. The molecule has 1 aliphatic carbocycles. The fourth-order valence-corrected chi connectivity index (χ4v) is 1.88. The van der Waals surface area contributed by atoms with Crippen LogP contribution < -0.4 is 0 Å². The molecule has 5 heteroatoms. The van der Waals surface area contributed by atoms with E-state index in [0.29, 0.717) is 0 Å². The normalized spacial score (nSPS) is 52.2. The van der Waals surface area contributed by atoms with Gasteiger partial charge in [0.2, 0.25) is 0 Å². The maximum absolute atomic E-state index is 10.7. The fourth-order valence-electron chi connectivity index (χ4n) is 1.88. The summed E-state index contributed by atoms with van der Waals surface area (Å²) >= 11 is 0. The van der Waals surface area contributed by atoms with Crippen LogP contribution in [-0.2, 0) is 9.53 Å². The molecule has 0 aromatic rings. The zero-order valence-electron chi connectivity index (χ0n) is 6.25. The highest BCUT2D eigenvalue weighted by Crippen LogP contribution is 2.37. The van der Waals surface area contributed by atoms with E-state index < -0.39 is 36.3 Å². The minimum absolute atomic E-state index is 0.0833. The van der Waals surface area contributed by atoms with Gasteiger partial charge >= 0.3 is 5.97 Å². The average molecular weight is 174 g/mol. The Labute approximate surface area is 68.6 Å². The van der Waals surface area contributed by atoms with Crippen molar-refractivity contribution in [3.8, 4) is 0 Å². The van der Waals surface area contributed by atoms with Crippen LogP contribution in [0.5, 0.6) is 0 Å². The smallest absolute Gasteiger partial charge is 0.306 e. The Morgan fingerprint density at radius 1 is 1.17 bits per heavy atom. The summed E-state index contributed by atoms with van der Waals surface area (Å²) in [5.41, 5.74) is 0. The van der Waals surface area contributed by atoms with Gasteiger partial charge in [0.05, 0.1) is 12.5 Å².